The van der Waals surface area contributed by atoms with Crippen molar-refractivity contribution in [3.63, 3.8) is 0 Å². The summed E-state index contributed by atoms with van der Waals surface area (Å²) in [7, 11) is 0. The van der Waals surface area contributed by atoms with Crippen molar-refractivity contribution in [2.45, 2.75) is 18.5 Å². The molecule has 0 bridgehead atoms. The Morgan fingerprint density at radius 3 is 2.53 bits per heavy atom. The number of benzene rings is 3. The number of carbonyl (C=O) groups excluding carboxylic acids is 1. The number of aromatic nitrogens is 3. The van der Waals surface area contributed by atoms with Gasteiger partial charge in [-0.15, -0.1) is 10.2 Å². The van der Waals surface area contributed by atoms with E-state index in [1.54, 1.807) is 0 Å². The van der Waals surface area contributed by atoms with Gasteiger partial charge in [0.2, 0.25) is 5.91 Å². The molecule has 0 saturated heterocycles. The largest absolute Gasteiger partial charge is 0.311 e. The standard InChI is InChI=1S/C25H21ClN4OS/c1-17-6-12-21(13-7-17)30-24(19-8-10-20(26)11-9-19)27-28-25(30)32-16-23(31)29-15-14-18-4-2-3-5-22(18)29/h2-13H,14-16H2,1H3. The second-order valence-electron chi connectivity index (χ2n) is 7.70. The normalized spacial score (nSPS) is 12.8. The van der Waals surface area contributed by atoms with Crippen LogP contribution in [0.2, 0.25) is 5.02 Å². The van der Waals surface area contributed by atoms with Crippen molar-refractivity contribution < 1.29 is 4.79 Å². The van der Waals surface area contributed by atoms with Gasteiger partial charge in [-0.1, -0.05) is 59.3 Å². The van der Waals surface area contributed by atoms with Gasteiger partial charge in [0.1, 0.15) is 0 Å². The number of fused-ring (bicyclic) bond motifs is 1. The molecular weight excluding hydrogens is 440 g/mol. The summed E-state index contributed by atoms with van der Waals surface area (Å²) in [6.07, 6.45) is 0.896. The molecule has 5 rings (SSSR count). The van der Waals surface area contributed by atoms with Crippen LogP contribution in [0.25, 0.3) is 17.1 Å². The molecule has 0 fully saturated rings. The molecule has 0 aliphatic carbocycles. The van der Waals surface area contributed by atoms with Crippen molar-refractivity contribution in [3.8, 4) is 17.1 Å². The van der Waals surface area contributed by atoms with E-state index in [0.29, 0.717) is 21.8 Å². The van der Waals surface area contributed by atoms with Crippen molar-refractivity contribution in [2.75, 3.05) is 17.2 Å². The number of hydrogen-bond acceptors (Lipinski definition) is 4. The van der Waals surface area contributed by atoms with E-state index in [1.807, 2.05) is 64.1 Å². The summed E-state index contributed by atoms with van der Waals surface area (Å²) in [4.78, 5) is 14.9. The number of anilines is 1. The SMILES string of the molecule is Cc1ccc(-n2c(SCC(=O)N3CCc4ccccc43)nnc2-c2ccc(Cl)cc2)cc1. The van der Waals surface area contributed by atoms with Crippen LogP contribution in [0.3, 0.4) is 0 Å². The molecule has 160 valence electrons. The number of hydrogen-bond donors (Lipinski definition) is 0. The minimum absolute atomic E-state index is 0.0754. The van der Waals surface area contributed by atoms with E-state index >= 15 is 0 Å². The number of aryl methyl sites for hydroxylation is 1. The molecule has 1 amide bonds. The molecule has 32 heavy (non-hydrogen) atoms. The van der Waals surface area contributed by atoms with Crippen LogP contribution in [0.5, 0.6) is 0 Å². The molecular formula is C25H21ClN4OS. The summed E-state index contributed by atoms with van der Waals surface area (Å²) < 4.78 is 2.00. The zero-order valence-corrected chi connectivity index (χ0v) is 19.1. The van der Waals surface area contributed by atoms with Gasteiger partial charge in [-0.05, 0) is 61.4 Å². The van der Waals surface area contributed by atoms with Crippen molar-refractivity contribution >= 4 is 35.0 Å². The van der Waals surface area contributed by atoms with Crippen LogP contribution in [0, 0.1) is 6.92 Å². The first-order valence-electron chi connectivity index (χ1n) is 10.4. The van der Waals surface area contributed by atoms with E-state index in [4.69, 9.17) is 11.6 Å². The van der Waals surface area contributed by atoms with Gasteiger partial charge in [-0.3, -0.25) is 9.36 Å². The molecule has 0 radical (unpaired) electrons. The molecule has 2 heterocycles. The zero-order valence-electron chi connectivity index (χ0n) is 17.5. The van der Waals surface area contributed by atoms with Crippen LogP contribution in [0.4, 0.5) is 5.69 Å². The summed E-state index contributed by atoms with van der Waals surface area (Å²) in [6.45, 7) is 2.78. The molecule has 4 aromatic rings. The quantitative estimate of drug-likeness (QED) is 0.365. The number of nitrogens with zero attached hydrogens (tertiary/aromatic N) is 4. The Bertz CT molecular complexity index is 1270. The van der Waals surface area contributed by atoms with Gasteiger partial charge in [-0.25, -0.2) is 0 Å². The Morgan fingerprint density at radius 2 is 1.75 bits per heavy atom. The molecule has 0 saturated carbocycles. The predicted octanol–water partition coefficient (Wildman–Crippen LogP) is 5.58. The molecule has 0 spiro atoms. The van der Waals surface area contributed by atoms with Crippen molar-refractivity contribution in [3.05, 3.63) is 88.9 Å². The van der Waals surface area contributed by atoms with Gasteiger partial charge in [0.25, 0.3) is 0 Å². The lowest BCUT2D eigenvalue weighted by Gasteiger charge is -2.17. The van der Waals surface area contributed by atoms with E-state index < -0.39 is 0 Å². The Hall–Kier alpha value is -3.09. The highest BCUT2D eigenvalue weighted by Gasteiger charge is 2.25. The lowest BCUT2D eigenvalue weighted by molar-refractivity contribution is -0.116. The molecule has 0 atom stereocenters. The minimum Gasteiger partial charge on any atom is -0.311 e. The highest BCUT2D eigenvalue weighted by atomic mass is 35.5. The molecule has 0 unspecified atom stereocenters. The first kappa shape index (κ1) is 20.8. The second kappa shape index (κ2) is 8.81. The van der Waals surface area contributed by atoms with E-state index in [2.05, 4.69) is 35.3 Å². The van der Waals surface area contributed by atoms with E-state index in [9.17, 15) is 4.79 Å². The Morgan fingerprint density at radius 1 is 1.00 bits per heavy atom. The maximum atomic E-state index is 13.0. The number of rotatable bonds is 5. The first-order chi connectivity index (χ1) is 15.6. The van der Waals surface area contributed by atoms with Crippen molar-refractivity contribution in [1.29, 1.82) is 0 Å². The van der Waals surface area contributed by atoms with E-state index in [0.717, 1.165) is 29.9 Å². The number of amides is 1. The second-order valence-corrected chi connectivity index (χ2v) is 9.08. The summed E-state index contributed by atoms with van der Waals surface area (Å²) in [5, 5.41) is 10.2. The average Bonchev–Trinajstić information content (AvgIpc) is 3.43. The molecule has 5 nitrogen and oxygen atoms in total. The van der Waals surface area contributed by atoms with Gasteiger partial charge in [0, 0.05) is 28.5 Å². The fourth-order valence-corrected chi connectivity index (χ4v) is 4.83. The first-order valence-corrected chi connectivity index (χ1v) is 11.8. The van der Waals surface area contributed by atoms with E-state index in [-0.39, 0.29) is 5.91 Å². The molecule has 7 heteroatoms. The third-order valence-electron chi connectivity index (χ3n) is 5.54. The summed E-state index contributed by atoms with van der Waals surface area (Å²) in [5.41, 5.74) is 5.27. The van der Waals surface area contributed by atoms with Crippen molar-refractivity contribution in [1.82, 2.24) is 14.8 Å². The van der Waals surface area contributed by atoms with Gasteiger partial charge in [0.15, 0.2) is 11.0 Å². The highest BCUT2D eigenvalue weighted by Crippen LogP contribution is 2.31. The molecule has 1 aliphatic heterocycles. The predicted molar refractivity (Wildman–Crippen MR) is 130 cm³/mol. The maximum absolute atomic E-state index is 13.0. The van der Waals surface area contributed by atoms with Crippen LogP contribution >= 0.6 is 23.4 Å². The molecule has 1 aliphatic rings. The van der Waals surface area contributed by atoms with Crippen LogP contribution in [-0.2, 0) is 11.2 Å². The highest BCUT2D eigenvalue weighted by molar-refractivity contribution is 7.99. The van der Waals surface area contributed by atoms with Gasteiger partial charge in [0.05, 0.1) is 5.75 Å². The topological polar surface area (TPSA) is 51.0 Å². The van der Waals surface area contributed by atoms with Crippen LogP contribution in [-0.4, -0.2) is 33.0 Å². The zero-order chi connectivity index (χ0) is 22.1. The smallest absolute Gasteiger partial charge is 0.237 e. The third-order valence-corrected chi connectivity index (χ3v) is 6.71. The lowest BCUT2D eigenvalue weighted by Crippen LogP contribution is -2.30. The maximum Gasteiger partial charge on any atom is 0.237 e. The van der Waals surface area contributed by atoms with Gasteiger partial charge >= 0.3 is 0 Å². The minimum atomic E-state index is 0.0754. The molecule has 0 N–H and O–H groups in total. The Labute approximate surface area is 196 Å². The third kappa shape index (κ3) is 4.04. The number of halogens is 1. The molecule has 3 aromatic carbocycles. The lowest BCUT2D eigenvalue weighted by atomic mass is 10.2. The van der Waals surface area contributed by atoms with Crippen molar-refractivity contribution in [2.24, 2.45) is 0 Å². The van der Waals surface area contributed by atoms with Gasteiger partial charge in [-0.2, -0.15) is 0 Å². The number of para-hydroxylation sites is 1. The monoisotopic (exact) mass is 460 g/mol. The van der Waals surface area contributed by atoms with Gasteiger partial charge < -0.3 is 4.90 Å². The van der Waals surface area contributed by atoms with Crippen LogP contribution in [0.1, 0.15) is 11.1 Å². The summed E-state index contributed by atoms with van der Waals surface area (Å²) in [6, 6.07) is 23.8. The summed E-state index contributed by atoms with van der Waals surface area (Å²) in [5.74, 6) is 1.08. The Balaban J connectivity index is 1.44. The molecule has 1 aromatic heterocycles. The summed E-state index contributed by atoms with van der Waals surface area (Å²) >= 11 is 7.48. The number of thioether (sulfide) groups is 1. The van der Waals surface area contributed by atoms with E-state index in [1.165, 1.54) is 22.9 Å². The Kier molecular flexibility index (Phi) is 5.72. The fourth-order valence-electron chi connectivity index (χ4n) is 3.88. The van der Waals surface area contributed by atoms with Crippen LogP contribution < -0.4 is 4.90 Å². The fraction of sp³-hybridized carbons (Fsp3) is 0.160. The number of carbonyl (C=O) groups is 1. The average molecular weight is 461 g/mol. The van der Waals surface area contributed by atoms with Crippen LogP contribution in [0.15, 0.2) is 78.0 Å².